The van der Waals surface area contributed by atoms with Crippen LogP contribution in [-0.4, -0.2) is 6.54 Å². The Bertz CT molecular complexity index is 431. The molecule has 0 saturated heterocycles. The fourth-order valence-electron chi connectivity index (χ4n) is 1.41. The zero-order valence-corrected chi connectivity index (χ0v) is 10.2. The predicted molar refractivity (Wildman–Crippen MR) is 62.5 cm³/mol. The molecule has 0 saturated carbocycles. The second kappa shape index (κ2) is 6.00. The second-order valence-corrected chi connectivity index (χ2v) is 4.26. The van der Waals surface area contributed by atoms with Crippen LogP contribution in [0.25, 0.3) is 0 Å². The van der Waals surface area contributed by atoms with Gasteiger partial charge in [0, 0.05) is 13.1 Å². The molecule has 1 aromatic carbocycles. The number of hydrogen-bond donors (Lipinski definition) is 1. The van der Waals surface area contributed by atoms with Gasteiger partial charge in [-0.3, -0.25) is 0 Å². The molecule has 18 heavy (non-hydrogen) atoms. The molecule has 0 heterocycles. The lowest BCUT2D eigenvalue weighted by atomic mass is 10.1. The first-order valence-electron chi connectivity index (χ1n) is 5.50. The quantitative estimate of drug-likeness (QED) is 0.492. The summed E-state index contributed by atoms with van der Waals surface area (Å²) >= 11 is 0. The van der Waals surface area contributed by atoms with Gasteiger partial charge < -0.3 is 5.32 Å². The smallest absolute Gasteiger partial charge is 0.309 e. The van der Waals surface area contributed by atoms with Gasteiger partial charge in [0.05, 0.1) is 5.56 Å². The molecule has 0 spiro atoms. The van der Waals surface area contributed by atoms with E-state index in [2.05, 4.69) is 5.32 Å². The summed E-state index contributed by atoms with van der Waals surface area (Å²) < 4.78 is 50.4. The summed E-state index contributed by atoms with van der Waals surface area (Å²) in [6.45, 7) is 4.59. The van der Waals surface area contributed by atoms with Gasteiger partial charge in [0.1, 0.15) is 5.82 Å². The highest BCUT2D eigenvalue weighted by Gasteiger charge is 2.31. The van der Waals surface area contributed by atoms with Gasteiger partial charge in [-0.1, -0.05) is 11.6 Å². The van der Waals surface area contributed by atoms with Gasteiger partial charge in [-0.05, 0) is 37.6 Å². The normalized spacial score (nSPS) is 11.4. The first-order chi connectivity index (χ1) is 8.29. The Kier molecular flexibility index (Phi) is 4.90. The second-order valence-electron chi connectivity index (χ2n) is 4.26. The third kappa shape index (κ3) is 4.87. The average Bonchev–Trinajstić information content (AvgIpc) is 2.22. The molecule has 0 amide bonds. The minimum absolute atomic E-state index is 0.199. The summed E-state index contributed by atoms with van der Waals surface area (Å²) in [5.41, 5.74) is 0.434. The molecule has 0 aromatic heterocycles. The van der Waals surface area contributed by atoms with Crippen LogP contribution in [0, 0.1) is 5.82 Å². The number of benzene rings is 1. The van der Waals surface area contributed by atoms with Crippen molar-refractivity contribution < 1.29 is 17.6 Å². The van der Waals surface area contributed by atoms with E-state index in [0.29, 0.717) is 12.6 Å². The summed E-state index contributed by atoms with van der Waals surface area (Å²) in [4.78, 5) is 0. The molecule has 1 nitrogen and oxygen atoms in total. The molecule has 0 fully saturated rings. The maximum atomic E-state index is 13.1. The first-order valence-corrected chi connectivity index (χ1v) is 5.50. The van der Waals surface area contributed by atoms with E-state index >= 15 is 0 Å². The highest BCUT2D eigenvalue weighted by atomic mass is 19.4. The summed E-state index contributed by atoms with van der Waals surface area (Å²) in [5, 5.41) is 2.93. The largest absolute Gasteiger partial charge is 0.416 e. The Hall–Kier alpha value is -1.36. The van der Waals surface area contributed by atoms with E-state index in [0.717, 1.165) is 17.7 Å². The molecule has 100 valence electrons. The van der Waals surface area contributed by atoms with Crippen molar-refractivity contribution in [2.45, 2.75) is 26.6 Å². The third-order valence-corrected chi connectivity index (χ3v) is 2.27. The first kappa shape index (κ1) is 14.7. The van der Waals surface area contributed by atoms with Crippen LogP contribution in [0.1, 0.15) is 25.0 Å². The molecule has 0 aliphatic heterocycles. The van der Waals surface area contributed by atoms with Crippen molar-refractivity contribution in [2.75, 3.05) is 6.54 Å². The van der Waals surface area contributed by atoms with Gasteiger partial charge in [0.2, 0.25) is 0 Å². The zero-order valence-electron chi connectivity index (χ0n) is 10.2. The van der Waals surface area contributed by atoms with Crippen molar-refractivity contribution in [1.82, 2.24) is 5.32 Å². The SMILES string of the molecule is CC(C)=CCNCc1cc(F)cc(C(F)(F)F)c1. The molecule has 0 aliphatic carbocycles. The number of halogens is 4. The molecule has 0 unspecified atom stereocenters. The van der Waals surface area contributed by atoms with E-state index in [-0.39, 0.29) is 12.1 Å². The number of nitrogens with one attached hydrogen (secondary N) is 1. The Morgan fingerprint density at radius 3 is 2.44 bits per heavy atom. The van der Waals surface area contributed by atoms with Gasteiger partial charge in [0.25, 0.3) is 0 Å². The summed E-state index contributed by atoms with van der Waals surface area (Å²) in [6.07, 6.45) is -2.61. The fourth-order valence-corrected chi connectivity index (χ4v) is 1.41. The molecule has 1 aromatic rings. The number of hydrogen-bond acceptors (Lipinski definition) is 1. The van der Waals surface area contributed by atoms with Crippen LogP contribution in [0.15, 0.2) is 29.8 Å². The average molecular weight is 261 g/mol. The van der Waals surface area contributed by atoms with E-state index in [4.69, 9.17) is 0 Å². The molecule has 1 N–H and O–H groups in total. The summed E-state index contributed by atoms with van der Waals surface area (Å²) in [6, 6.07) is 2.56. The van der Waals surface area contributed by atoms with E-state index in [9.17, 15) is 17.6 Å². The topological polar surface area (TPSA) is 12.0 Å². The van der Waals surface area contributed by atoms with Crippen molar-refractivity contribution >= 4 is 0 Å². The van der Waals surface area contributed by atoms with Crippen molar-refractivity contribution in [1.29, 1.82) is 0 Å². The number of allylic oxidation sites excluding steroid dienone is 1. The van der Waals surface area contributed by atoms with Crippen LogP contribution in [0.2, 0.25) is 0 Å². The minimum atomic E-state index is -4.52. The van der Waals surface area contributed by atoms with E-state index < -0.39 is 17.6 Å². The molecule has 0 bridgehead atoms. The maximum Gasteiger partial charge on any atom is 0.416 e. The lowest BCUT2D eigenvalue weighted by molar-refractivity contribution is -0.137. The monoisotopic (exact) mass is 261 g/mol. The highest BCUT2D eigenvalue weighted by molar-refractivity contribution is 5.26. The fraction of sp³-hybridized carbons (Fsp3) is 0.385. The Balaban J connectivity index is 2.72. The van der Waals surface area contributed by atoms with Gasteiger partial charge in [0.15, 0.2) is 0 Å². The molecule has 0 radical (unpaired) electrons. The van der Waals surface area contributed by atoms with Crippen LogP contribution < -0.4 is 5.32 Å². The van der Waals surface area contributed by atoms with Gasteiger partial charge in [-0.25, -0.2) is 4.39 Å². The van der Waals surface area contributed by atoms with Crippen LogP contribution in [0.5, 0.6) is 0 Å². The summed E-state index contributed by atoms with van der Waals surface area (Å²) in [5.74, 6) is -0.871. The highest BCUT2D eigenvalue weighted by Crippen LogP contribution is 2.30. The zero-order chi connectivity index (χ0) is 13.8. The molecule has 0 aliphatic rings. The van der Waals surface area contributed by atoms with Gasteiger partial charge in [-0.15, -0.1) is 0 Å². The van der Waals surface area contributed by atoms with Crippen LogP contribution in [0.3, 0.4) is 0 Å². The minimum Gasteiger partial charge on any atom is -0.309 e. The molecule has 0 atom stereocenters. The van der Waals surface area contributed by atoms with Crippen LogP contribution >= 0.6 is 0 Å². The van der Waals surface area contributed by atoms with Crippen molar-refractivity contribution in [3.05, 3.63) is 46.8 Å². The third-order valence-electron chi connectivity index (χ3n) is 2.27. The van der Waals surface area contributed by atoms with E-state index in [1.807, 2.05) is 19.9 Å². The maximum absolute atomic E-state index is 13.1. The molecular formula is C13H15F4N. The Labute approximate surface area is 104 Å². The van der Waals surface area contributed by atoms with E-state index in [1.165, 1.54) is 0 Å². The standard InChI is InChI=1S/C13H15F4N/c1-9(2)3-4-18-8-10-5-11(13(15,16)17)7-12(14)6-10/h3,5-7,18H,4,8H2,1-2H3. The van der Waals surface area contributed by atoms with Crippen LogP contribution in [-0.2, 0) is 12.7 Å². The molecular weight excluding hydrogens is 246 g/mol. The van der Waals surface area contributed by atoms with Gasteiger partial charge >= 0.3 is 6.18 Å². The Morgan fingerprint density at radius 2 is 1.89 bits per heavy atom. The number of alkyl halides is 3. The van der Waals surface area contributed by atoms with Crippen molar-refractivity contribution in [2.24, 2.45) is 0 Å². The number of rotatable bonds is 4. The van der Waals surface area contributed by atoms with E-state index in [1.54, 1.807) is 0 Å². The van der Waals surface area contributed by atoms with Gasteiger partial charge in [-0.2, -0.15) is 13.2 Å². The summed E-state index contributed by atoms with van der Waals surface area (Å²) in [7, 11) is 0. The van der Waals surface area contributed by atoms with Crippen molar-refractivity contribution in [3.63, 3.8) is 0 Å². The molecule has 5 heteroatoms. The van der Waals surface area contributed by atoms with Crippen LogP contribution in [0.4, 0.5) is 17.6 Å². The predicted octanol–water partition coefficient (Wildman–Crippen LogP) is 3.90. The Morgan fingerprint density at radius 1 is 1.22 bits per heavy atom. The lowest BCUT2D eigenvalue weighted by Crippen LogP contribution is -2.14. The molecule has 1 rings (SSSR count). The lowest BCUT2D eigenvalue weighted by Gasteiger charge is -2.09. The van der Waals surface area contributed by atoms with Crippen molar-refractivity contribution in [3.8, 4) is 0 Å².